The molecule has 3 aliphatic heterocycles. The lowest BCUT2D eigenvalue weighted by atomic mass is 10.0. The molecule has 1 aromatic carbocycles. The minimum atomic E-state index is -0.455. The first-order valence-corrected chi connectivity index (χ1v) is 10.4. The third kappa shape index (κ3) is 4.42. The van der Waals surface area contributed by atoms with Crippen LogP contribution < -0.4 is 10.6 Å². The lowest BCUT2D eigenvalue weighted by Gasteiger charge is -2.37. The molecular formula is C21H27FN4O3. The summed E-state index contributed by atoms with van der Waals surface area (Å²) in [5, 5.41) is 5.87. The summed E-state index contributed by atoms with van der Waals surface area (Å²) in [6.45, 7) is 2.77. The number of fused-ring (bicyclic) bond motifs is 1. The van der Waals surface area contributed by atoms with Crippen LogP contribution in [0.5, 0.6) is 0 Å². The average molecular weight is 402 g/mol. The Balaban J connectivity index is 1.35. The van der Waals surface area contributed by atoms with Gasteiger partial charge in [-0.2, -0.15) is 0 Å². The van der Waals surface area contributed by atoms with Gasteiger partial charge in [0.1, 0.15) is 5.82 Å². The summed E-state index contributed by atoms with van der Waals surface area (Å²) in [6.07, 6.45) is 3.84. The monoisotopic (exact) mass is 402 g/mol. The van der Waals surface area contributed by atoms with E-state index in [2.05, 4.69) is 15.5 Å². The number of piperazine rings is 1. The van der Waals surface area contributed by atoms with Crippen LogP contribution in [0, 0.1) is 5.82 Å². The summed E-state index contributed by atoms with van der Waals surface area (Å²) >= 11 is 0. The maximum Gasteiger partial charge on any atom is 0.251 e. The topological polar surface area (TPSA) is 81.8 Å². The number of nitrogens with one attached hydrogen (secondary N) is 2. The highest BCUT2D eigenvalue weighted by Gasteiger charge is 2.43. The van der Waals surface area contributed by atoms with Gasteiger partial charge in [0.15, 0.2) is 0 Å². The third-order valence-electron chi connectivity index (χ3n) is 6.20. The molecule has 8 heteroatoms. The van der Waals surface area contributed by atoms with Gasteiger partial charge in [-0.3, -0.25) is 19.3 Å². The molecule has 4 rings (SSSR count). The SMILES string of the molecule is O=C(NC1CC2C(=O)NCC(CCC(=O)N3CCCC3)N2C1)c1cccc(F)c1. The first-order chi connectivity index (χ1) is 14.0. The molecule has 0 aromatic heterocycles. The van der Waals surface area contributed by atoms with Crippen LogP contribution in [0.15, 0.2) is 24.3 Å². The van der Waals surface area contributed by atoms with Crippen molar-refractivity contribution in [1.82, 2.24) is 20.4 Å². The third-order valence-corrected chi connectivity index (χ3v) is 6.20. The van der Waals surface area contributed by atoms with Crippen LogP contribution in [0.2, 0.25) is 0 Å². The quantitative estimate of drug-likeness (QED) is 0.767. The molecular weight excluding hydrogens is 375 g/mol. The fourth-order valence-electron chi connectivity index (χ4n) is 4.66. The zero-order valence-electron chi connectivity index (χ0n) is 16.4. The number of hydrogen-bond donors (Lipinski definition) is 2. The van der Waals surface area contributed by atoms with E-state index in [-0.39, 0.29) is 41.4 Å². The summed E-state index contributed by atoms with van der Waals surface area (Å²) in [4.78, 5) is 41.2. The Kier molecular flexibility index (Phi) is 5.80. The molecule has 1 aromatic rings. The predicted octanol–water partition coefficient (Wildman–Crippen LogP) is 0.899. The van der Waals surface area contributed by atoms with E-state index in [1.54, 1.807) is 6.07 Å². The molecule has 3 fully saturated rings. The highest BCUT2D eigenvalue weighted by molar-refractivity contribution is 5.94. The molecule has 29 heavy (non-hydrogen) atoms. The van der Waals surface area contributed by atoms with Crippen LogP contribution in [0.1, 0.15) is 42.5 Å². The van der Waals surface area contributed by atoms with Crippen LogP contribution in [0.3, 0.4) is 0 Å². The van der Waals surface area contributed by atoms with Gasteiger partial charge < -0.3 is 15.5 Å². The summed E-state index contributed by atoms with van der Waals surface area (Å²) in [5.41, 5.74) is 0.270. The van der Waals surface area contributed by atoms with Crippen LogP contribution in [0.4, 0.5) is 4.39 Å². The second kappa shape index (κ2) is 8.49. The smallest absolute Gasteiger partial charge is 0.251 e. The number of carbonyl (C=O) groups is 3. The number of likely N-dealkylation sites (tertiary alicyclic amines) is 1. The lowest BCUT2D eigenvalue weighted by molar-refractivity contribution is -0.131. The minimum absolute atomic E-state index is 0.0328. The number of hydrogen-bond acceptors (Lipinski definition) is 4. The van der Waals surface area contributed by atoms with Gasteiger partial charge in [0, 0.05) is 50.2 Å². The zero-order valence-corrected chi connectivity index (χ0v) is 16.4. The fourth-order valence-corrected chi connectivity index (χ4v) is 4.66. The molecule has 7 nitrogen and oxygen atoms in total. The summed E-state index contributed by atoms with van der Waals surface area (Å²) in [6, 6.07) is 5.18. The molecule has 2 N–H and O–H groups in total. The largest absolute Gasteiger partial charge is 0.353 e. The predicted molar refractivity (Wildman–Crippen MR) is 105 cm³/mol. The normalized spacial score (nSPS) is 26.9. The van der Waals surface area contributed by atoms with Gasteiger partial charge in [-0.15, -0.1) is 0 Å². The van der Waals surface area contributed by atoms with E-state index in [0.29, 0.717) is 32.4 Å². The van der Waals surface area contributed by atoms with E-state index in [0.717, 1.165) is 25.9 Å². The minimum Gasteiger partial charge on any atom is -0.353 e. The first kappa shape index (κ1) is 19.8. The van der Waals surface area contributed by atoms with Crippen molar-refractivity contribution in [3.05, 3.63) is 35.6 Å². The Morgan fingerprint density at radius 1 is 1.24 bits per heavy atom. The molecule has 3 aliphatic rings. The molecule has 3 heterocycles. The molecule has 3 saturated heterocycles. The van der Waals surface area contributed by atoms with E-state index in [4.69, 9.17) is 0 Å². The number of nitrogens with zero attached hydrogens (tertiary/aromatic N) is 2. The maximum absolute atomic E-state index is 13.4. The van der Waals surface area contributed by atoms with Gasteiger partial charge in [0.2, 0.25) is 11.8 Å². The van der Waals surface area contributed by atoms with Gasteiger partial charge in [-0.05, 0) is 43.9 Å². The number of benzene rings is 1. The van der Waals surface area contributed by atoms with Crippen molar-refractivity contribution in [2.24, 2.45) is 0 Å². The molecule has 0 saturated carbocycles. The van der Waals surface area contributed by atoms with E-state index >= 15 is 0 Å². The molecule has 156 valence electrons. The molecule has 0 aliphatic carbocycles. The van der Waals surface area contributed by atoms with Crippen molar-refractivity contribution in [2.75, 3.05) is 26.2 Å². The standard InChI is InChI=1S/C21H27FN4O3/c22-15-5-3-4-14(10-15)20(28)24-16-11-18-21(29)23-12-17(26(18)13-16)6-7-19(27)25-8-1-2-9-25/h3-5,10,16-18H,1-2,6-9,11-13H2,(H,23,29)(H,24,28). The van der Waals surface area contributed by atoms with Gasteiger partial charge in [-0.1, -0.05) is 6.07 Å². The number of amides is 3. The molecule has 0 radical (unpaired) electrons. The summed E-state index contributed by atoms with van der Waals surface area (Å²) in [7, 11) is 0. The zero-order chi connectivity index (χ0) is 20.4. The average Bonchev–Trinajstić information content (AvgIpc) is 3.38. The highest BCUT2D eigenvalue weighted by atomic mass is 19.1. The second-order valence-electron chi connectivity index (χ2n) is 8.15. The number of carbonyl (C=O) groups excluding carboxylic acids is 3. The molecule has 3 atom stereocenters. The van der Waals surface area contributed by atoms with E-state index in [1.165, 1.54) is 18.2 Å². The Labute approximate surface area is 169 Å². The van der Waals surface area contributed by atoms with Crippen LogP contribution >= 0.6 is 0 Å². The highest BCUT2D eigenvalue weighted by Crippen LogP contribution is 2.26. The summed E-state index contributed by atoms with van der Waals surface area (Å²) < 4.78 is 13.4. The molecule has 0 bridgehead atoms. The Hall–Kier alpha value is -2.48. The Bertz CT molecular complexity index is 796. The summed E-state index contributed by atoms with van der Waals surface area (Å²) in [5.74, 6) is -0.639. The molecule has 3 amide bonds. The van der Waals surface area contributed by atoms with E-state index in [9.17, 15) is 18.8 Å². The number of halogens is 1. The van der Waals surface area contributed by atoms with Crippen molar-refractivity contribution in [1.29, 1.82) is 0 Å². The van der Waals surface area contributed by atoms with Crippen molar-refractivity contribution in [3.63, 3.8) is 0 Å². The van der Waals surface area contributed by atoms with Crippen LogP contribution in [-0.4, -0.2) is 71.8 Å². The van der Waals surface area contributed by atoms with Gasteiger partial charge in [-0.25, -0.2) is 4.39 Å². The fraction of sp³-hybridized carbons (Fsp3) is 0.571. The van der Waals surface area contributed by atoms with E-state index in [1.807, 2.05) is 4.90 Å². The Morgan fingerprint density at radius 3 is 2.79 bits per heavy atom. The van der Waals surface area contributed by atoms with E-state index < -0.39 is 5.82 Å². The van der Waals surface area contributed by atoms with Gasteiger partial charge in [0.05, 0.1) is 6.04 Å². The maximum atomic E-state index is 13.4. The van der Waals surface area contributed by atoms with Crippen molar-refractivity contribution in [2.45, 2.75) is 50.2 Å². The van der Waals surface area contributed by atoms with Gasteiger partial charge in [0.25, 0.3) is 5.91 Å². The second-order valence-corrected chi connectivity index (χ2v) is 8.15. The lowest BCUT2D eigenvalue weighted by Crippen LogP contribution is -2.58. The van der Waals surface area contributed by atoms with Crippen molar-refractivity contribution in [3.8, 4) is 0 Å². The van der Waals surface area contributed by atoms with Crippen molar-refractivity contribution >= 4 is 17.7 Å². The van der Waals surface area contributed by atoms with Crippen molar-refractivity contribution < 1.29 is 18.8 Å². The molecule has 0 spiro atoms. The van der Waals surface area contributed by atoms with Crippen LogP contribution in [-0.2, 0) is 9.59 Å². The first-order valence-electron chi connectivity index (χ1n) is 10.4. The van der Waals surface area contributed by atoms with Gasteiger partial charge >= 0.3 is 0 Å². The number of rotatable bonds is 5. The Morgan fingerprint density at radius 2 is 2.03 bits per heavy atom. The molecule has 3 unspecified atom stereocenters. The van der Waals surface area contributed by atoms with Crippen LogP contribution in [0.25, 0.3) is 0 Å².